The monoisotopic (exact) mass is 626 g/mol. The highest BCUT2D eigenvalue weighted by Gasteiger charge is 2.27. The summed E-state index contributed by atoms with van der Waals surface area (Å²) >= 11 is 0. The number of benzene rings is 6. The minimum atomic E-state index is 0.623. The van der Waals surface area contributed by atoms with Crippen LogP contribution in [0.4, 0.5) is 0 Å². The van der Waals surface area contributed by atoms with E-state index < -0.39 is 0 Å². The highest BCUT2D eigenvalue weighted by Crippen LogP contribution is 2.45. The largest absolute Gasteiger partial charge is 0.292 e. The van der Waals surface area contributed by atoms with Gasteiger partial charge in [-0.25, -0.2) is 24.9 Å². The summed E-state index contributed by atoms with van der Waals surface area (Å²) in [7, 11) is 0. The van der Waals surface area contributed by atoms with Crippen LogP contribution in [0.25, 0.3) is 95.6 Å². The van der Waals surface area contributed by atoms with E-state index in [0.29, 0.717) is 17.3 Å². The molecule has 0 aliphatic heterocycles. The second kappa shape index (κ2) is 10.9. The van der Waals surface area contributed by atoms with Gasteiger partial charge in [0, 0.05) is 33.5 Å². The molecule has 0 saturated heterocycles. The van der Waals surface area contributed by atoms with Crippen molar-refractivity contribution < 1.29 is 0 Å². The van der Waals surface area contributed by atoms with Gasteiger partial charge in [0.05, 0.1) is 27.8 Å². The molecular formula is C43H26N6. The Morgan fingerprint density at radius 1 is 0.367 bits per heavy atom. The summed E-state index contributed by atoms with van der Waals surface area (Å²) < 4.78 is 2.21. The molecule has 0 bridgehead atoms. The lowest BCUT2D eigenvalue weighted by Crippen LogP contribution is -1.99. The van der Waals surface area contributed by atoms with Crippen LogP contribution in [0.5, 0.6) is 0 Å². The van der Waals surface area contributed by atoms with Crippen molar-refractivity contribution in [3.63, 3.8) is 0 Å². The number of para-hydroxylation sites is 3. The van der Waals surface area contributed by atoms with Crippen molar-refractivity contribution in [2.75, 3.05) is 0 Å². The number of rotatable bonds is 5. The quantitative estimate of drug-likeness (QED) is 0.190. The van der Waals surface area contributed by atoms with Crippen molar-refractivity contribution in [2.24, 2.45) is 0 Å². The third-order valence-electron chi connectivity index (χ3n) is 9.22. The fraction of sp³-hybridized carbons (Fsp3) is 0. The molecular weight excluding hydrogens is 601 g/mol. The Bertz CT molecular complexity index is 2680. The predicted octanol–water partition coefficient (Wildman–Crippen LogP) is 10.1. The molecule has 0 N–H and O–H groups in total. The maximum atomic E-state index is 5.12. The second-order valence-electron chi connectivity index (χ2n) is 12.2. The predicted molar refractivity (Wildman–Crippen MR) is 196 cm³/mol. The fourth-order valence-corrected chi connectivity index (χ4v) is 6.85. The summed E-state index contributed by atoms with van der Waals surface area (Å²) in [5.74, 6) is 2.15. The molecule has 6 aromatic carbocycles. The zero-order valence-electron chi connectivity index (χ0n) is 26.2. The number of hydrogen-bond donors (Lipinski definition) is 0. The van der Waals surface area contributed by atoms with E-state index in [1.165, 1.54) is 5.56 Å². The molecule has 1 aliphatic rings. The molecule has 228 valence electrons. The topological polar surface area (TPSA) is 69.4 Å². The molecule has 0 radical (unpaired) electrons. The Hall–Kier alpha value is -6.79. The maximum Gasteiger partial charge on any atom is 0.168 e. The van der Waals surface area contributed by atoms with Crippen molar-refractivity contribution in [2.45, 2.75) is 0 Å². The fourth-order valence-electron chi connectivity index (χ4n) is 6.85. The van der Waals surface area contributed by atoms with E-state index in [4.69, 9.17) is 24.9 Å². The molecule has 9 aromatic rings. The SMILES string of the molecule is c1ccc(-c2ccc(-c3nc4c5c(nc(-c6ccc(-c7nc8ccccc8n7-c7ccccc7)cc6)nc5n3)-c3ccccc3-4)cc2)cc1. The van der Waals surface area contributed by atoms with Gasteiger partial charge in [0.25, 0.3) is 0 Å². The van der Waals surface area contributed by atoms with Gasteiger partial charge in [0.2, 0.25) is 0 Å². The lowest BCUT2D eigenvalue weighted by atomic mass is 10.0. The van der Waals surface area contributed by atoms with E-state index in [0.717, 1.165) is 72.7 Å². The Kier molecular flexibility index (Phi) is 6.08. The summed E-state index contributed by atoms with van der Waals surface area (Å²) in [5, 5.41) is 0.891. The van der Waals surface area contributed by atoms with E-state index in [-0.39, 0.29) is 0 Å². The van der Waals surface area contributed by atoms with Crippen LogP contribution in [0, 0.1) is 0 Å². The third-order valence-corrected chi connectivity index (χ3v) is 9.22. The summed E-state index contributed by atoms with van der Waals surface area (Å²) in [5.41, 5.74) is 12.7. The van der Waals surface area contributed by atoms with Crippen LogP contribution in [-0.4, -0.2) is 29.5 Å². The Morgan fingerprint density at radius 3 is 1.49 bits per heavy atom. The van der Waals surface area contributed by atoms with E-state index in [1.807, 2.05) is 30.3 Å². The first-order chi connectivity index (χ1) is 24.3. The van der Waals surface area contributed by atoms with Gasteiger partial charge in [-0.05, 0) is 35.4 Å². The smallest absolute Gasteiger partial charge is 0.168 e. The highest BCUT2D eigenvalue weighted by molar-refractivity contribution is 6.11. The zero-order chi connectivity index (χ0) is 32.3. The molecule has 0 fully saturated rings. The van der Waals surface area contributed by atoms with Crippen LogP contribution in [0.15, 0.2) is 158 Å². The number of fused-ring (bicyclic) bond motifs is 4. The molecule has 0 unspecified atom stereocenters. The Balaban J connectivity index is 1.09. The minimum absolute atomic E-state index is 0.623. The van der Waals surface area contributed by atoms with E-state index in [1.54, 1.807) is 0 Å². The molecule has 49 heavy (non-hydrogen) atoms. The van der Waals surface area contributed by atoms with Crippen LogP contribution in [-0.2, 0) is 0 Å². The van der Waals surface area contributed by atoms with Gasteiger partial charge in [-0.2, -0.15) is 0 Å². The van der Waals surface area contributed by atoms with Crippen molar-refractivity contribution >= 4 is 22.1 Å². The first kappa shape index (κ1) is 27.3. The highest BCUT2D eigenvalue weighted by atomic mass is 15.1. The maximum absolute atomic E-state index is 5.12. The van der Waals surface area contributed by atoms with Crippen molar-refractivity contribution in [3.8, 4) is 73.5 Å². The first-order valence-corrected chi connectivity index (χ1v) is 16.3. The van der Waals surface area contributed by atoms with Gasteiger partial charge in [0.1, 0.15) is 5.82 Å². The molecule has 1 aliphatic carbocycles. The minimum Gasteiger partial charge on any atom is -0.292 e. The normalized spacial score (nSPS) is 11.7. The standard InChI is InChI=1S/C43H26N6/c1-3-11-27(12-4-1)28-19-21-29(22-20-28)40-45-38-33-15-7-8-16-34(33)39-37(38)42(47-40)48-41(46-39)30-23-25-31(26-24-30)43-44-35-17-9-10-18-36(35)49(43)32-13-5-2-6-14-32/h1-26H. The van der Waals surface area contributed by atoms with E-state index in [2.05, 4.69) is 132 Å². The zero-order valence-corrected chi connectivity index (χ0v) is 26.2. The average molecular weight is 627 g/mol. The van der Waals surface area contributed by atoms with Gasteiger partial charge >= 0.3 is 0 Å². The van der Waals surface area contributed by atoms with Gasteiger partial charge in [-0.3, -0.25) is 4.57 Å². The van der Waals surface area contributed by atoms with Gasteiger partial charge in [-0.15, -0.1) is 0 Å². The summed E-state index contributed by atoms with van der Waals surface area (Å²) in [6, 6.07) is 54.0. The van der Waals surface area contributed by atoms with E-state index in [9.17, 15) is 0 Å². The molecule has 0 saturated carbocycles. The number of hydrogen-bond acceptors (Lipinski definition) is 5. The number of nitrogens with zero attached hydrogens (tertiary/aromatic N) is 6. The summed E-state index contributed by atoms with van der Waals surface area (Å²) in [6.45, 7) is 0. The molecule has 3 heterocycles. The summed E-state index contributed by atoms with van der Waals surface area (Å²) in [4.78, 5) is 25.3. The Morgan fingerprint density at radius 2 is 0.857 bits per heavy atom. The van der Waals surface area contributed by atoms with Crippen LogP contribution in [0.3, 0.4) is 0 Å². The molecule has 10 rings (SSSR count). The van der Waals surface area contributed by atoms with Crippen molar-refractivity contribution in [3.05, 3.63) is 158 Å². The van der Waals surface area contributed by atoms with Gasteiger partial charge < -0.3 is 0 Å². The number of imidazole rings is 1. The van der Waals surface area contributed by atoms with Crippen LogP contribution in [0.2, 0.25) is 0 Å². The van der Waals surface area contributed by atoms with Crippen LogP contribution in [0.1, 0.15) is 0 Å². The molecule has 0 spiro atoms. The molecule has 0 amide bonds. The average Bonchev–Trinajstić information content (AvgIpc) is 3.72. The van der Waals surface area contributed by atoms with Crippen LogP contribution >= 0.6 is 0 Å². The third kappa shape index (κ3) is 4.46. The second-order valence-corrected chi connectivity index (χ2v) is 12.2. The first-order valence-electron chi connectivity index (χ1n) is 16.3. The van der Waals surface area contributed by atoms with Gasteiger partial charge in [0.15, 0.2) is 17.3 Å². The van der Waals surface area contributed by atoms with Crippen molar-refractivity contribution in [1.29, 1.82) is 0 Å². The van der Waals surface area contributed by atoms with Crippen LogP contribution < -0.4 is 0 Å². The summed E-state index contributed by atoms with van der Waals surface area (Å²) in [6.07, 6.45) is 0. The molecule has 3 aromatic heterocycles. The van der Waals surface area contributed by atoms with E-state index >= 15 is 0 Å². The Labute approximate surface area is 282 Å². The molecule has 0 atom stereocenters. The van der Waals surface area contributed by atoms with Crippen molar-refractivity contribution in [1.82, 2.24) is 29.5 Å². The molecule has 6 nitrogen and oxygen atoms in total. The number of aromatic nitrogens is 6. The lowest BCUT2D eigenvalue weighted by Gasteiger charge is -2.10. The molecule has 6 heteroatoms. The van der Waals surface area contributed by atoms with Gasteiger partial charge in [-0.1, -0.05) is 133 Å². The lowest BCUT2D eigenvalue weighted by molar-refractivity contribution is 1.10.